The second-order valence-electron chi connectivity index (χ2n) is 8.78. The van der Waals surface area contributed by atoms with Gasteiger partial charge in [0, 0.05) is 6.07 Å². The quantitative estimate of drug-likeness (QED) is 0.329. The second-order valence-corrected chi connectivity index (χ2v) is 8.78. The van der Waals surface area contributed by atoms with Gasteiger partial charge in [-0.3, -0.25) is 4.79 Å². The number of carbonyl (C=O) groups is 1. The molecule has 1 N–H and O–H groups in total. The number of aromatic nitrogens is 1. The molecule has 0 aliphatic heterocycles. The van der Waals surface area contributed by atoms with Crippen LogP contribution in [0.3, 0.4) is 0 Å². The lowest BCUT2D eigenvalue weighted by Crippen LogP contribution is -2.44. The Hall–Kier alpha value is -3.92. The van der Waals surface area contributed by atoms with E-state index in [-0.39, 0.29) is 12.0 Å². The van der Waals surface area contributed by atoms with E-state index in [2.05, 4.69) is 34.6 Å². The minimum absolute atomic E-state index is 0.0374. The van der Waals surface area contributed by atoms with Crippen LogP contribution in [-0.4, -0.2) is 17.0 Å². The molecule has 4 nitrogen and oxygen atoms in total. The maximum atomic E-state index is 14.1. The van der Waals surface area contributed by atoms with Crippen LogP contribution in [0.15, 0.2) is 109 Å². The number of anilines is 1. The molecular weight excluding hydrogens is 420 g/mol. The molecule has 4 aromatic rings. The van der Waals surface area contributed by atoms with Crippen molar-refractivity contribution in [2.75, 3.05) is 5.32 Å². The summed E-state index contributed by atoms with van der Waals surface area (Å²) in [4.78, 5) is 18.5. The SMILES string of the molecule is CC(C)Oc1ccc(NC(=O)C(Cc2ccccc2)(Cc2ccccc2)c2ccccc2)cn1. The summed E-state index contributed by atoms with van der Waals surface area (Å²) in [5, 5.41) is 3.15. The van der Waals surface area contributed by atoms with Crippen LogP contribution in [0.1, 0.15) is 30.5 Å². The zero-order valence-corrected chi connectivity index (χ0v) is 19.6. The van der Waals surface area contributed by atoms with Crippen LogP contribution in [0.25, 0.3) is 0 Å². The van der Waals surface area contributed by atoms with Gasteiger partial charge in [0.1, 0.15) is 0 Å². The first-order valence-electron chi connectivity index (χ1n) is 11.6. The molecule has 0 saturated carbocycles. The fourth-order valence-corrected chi connectivity index (χ4v) is 4.22. The highest BCUT2D eigenvalue weighted by Crippen LogP contribution is 2.34. The number of nitrogens with one attached hydrogen (secondary N) is 1. The van der Waals surface area contributed by atoms with Gasteiger partial charge in [0.15, 0.2) is 0 Å². The fourth-order valence-electron chi connectivity index (χ4n) is 4.22. The molecule has 0 saturated heterocycles. The molecule has 34 heavy (non-hydrogen) atoms. The highest BCUT2D eigenvalue weighted by molar-refractivity contribution is 5.99. The molecule has 0 fully saturated rings. The van der Waals surface area contributed by atoms with Crippen LogP contribution in [0, 0.1) is 0 Å². The van der Waals surface area contributed by atoms with Crippen molar-refractivity contribution in [3.05, 3.63) is 126 Å². The Bertz CT molecular complexity index is 1130. The van der Waals surface area contributed by atoms with E-state index in [4.69, 9.17) is 4.74 Å². The van der Waals surface area contributed by atoms with E-state index in [0.717, 1.165) is 16.7 Å². The molecule has 0 radical (unpaired) electrons. The summed E-state index contributed by atoms with van der Waals surface area (Å²) in [6, 6.07) is 34.1. The van der Waals surface area contributed by atoms with Gasteiger partial charge in [-0.2, -0.15) is 0 Å². The molecule has 0 spiro atoms. The molecule has 0 bridgehead atoms. The number of nitrogens with zero attached hydrogens (tertiary/aromatic N) is 1. The smallest absolute Gasteiger partial charge is 0.235 e. The molecule has 1 heterocycles. The largest absolute Gasteiger partial charge is 0.475 e. The minimum atomic E-state index is -0.808. The van der Waals surface area contributed by atoms with Gasteiger partial charge >= 0.3 is 0 Å². The Labute approximate surface area is 201 Å². The van der Waals surface area contributed by atoms with E-state index in [0.29, 0.717) is 24.4 Å². The third kappa shape index (κ3) is 5.70. The lowest BCUT2D eigenvalue weighted by atomic mass is 9.70. The van der Waals surface area contributed by atoms with Crippen molar-refractivity contribution < 1.29 is 9.53 Å². The first-order valence-corrected chi connectivity index (χ1v) is 11.6. The molecule has 4 rings (SSSR count). The number of amides is 1. The Morgan fingerprint density at radius 2 is 1.32 bits per heavy atom. The van der Waals surface area contributed by atoms with Gasteiger partial charge in [-0.1, -0.05) is 91.0 Å². The standard InChI is InChI=1S/C30H30N2O2/c1-23(2)34-28-19-18-27(22-31-28)32-29(33)30(26-16-10-5-11-17-26,20-24-12-6-3-7-13-24)21-25-14-8-4-9-15-25/h3-19,22-23H,20-21H2,1-2H3,(H,32,33). The van der Waals surface area contributed by atoms with Gasteiger partial charge in [-0.15, -0.1) is 0 Å². The second kappa shape index (κ2) is 10.8. The third-order valence-electron chi connectivity index (χ3n) is 5.81. The van der Waals surface area contributed by atoms with E-state index in [1.807, 2.05) is 86.6 Å². The highest BCUT2D eigenvalue weighted by atomic mass is 16.5. The Kier molecular flexibility index (Phi) is 7.38. The van der Waals surface area contributed by atoms with E-state index >= 15 is 0 Å². The maximum absolute atomic E-state index is 14.1. The topological polar surface area (TPSA) is 51.2 Å². The summed E-state index contributed by atoms with van der Waals surface area (Å²) in [7, 11) is 0. The Balaban J connectivity index is 1.74. The number of rotatable bonds is 9. The summed E-state index contributed by atoms with van der Waals surface area (Å²) < 4.78 is 5.64. The van der Waals surface area contributed by atoms with Crippen LogP contribution in [0.4, 0.5) is 5.69 Å². The van der Waals surface area contributed by atoms with Gasteiger partial charge in [-0.05, 0) is 49.4 Å². The number of carbonyl (C=O) groups excluding carboxylic acids is 1. The average Bonchev–Trinajstić information content (AvgIpc) is 2.86. The van der Waals surface area contributed by atoms with Crippen LogP contribution in [0.5, 0.6) is 5.88 Å². The zero-order valence-electron chi connectivity index (χ0n) is 19.6. The number of hydrogen-bond donors (Lipinski definition) is 1. The summed E-state index contributed by atoms with van der Waals surface area (Å²) >= 11 is 0. The number of hydrogen-bond acceptors (Lipinski definition) is 3. The van der Waals surface area contributed by atoms with Crippen LogP contribution in [0.2, 0.25) is 0 Å². The molecule has 0 aliphatic rings. The molecule has 0 unspecified atom stereocenters. The van der Waals surface area contributed by atoms with E-state index in [1.165, 1.54) is 0 Å². The molecular formula is C30H30N2O2. The van der Waals surface area contributed by atoms with Crippen molar-refractivity contribution in [1.29, 1.82) is 0 Å². The van der Waals surface area contributed by atoms with Crippen LogP contribution in [-0.2, 0) is 23.1 Å². The summed E-state index contributed by atoms with van der Waals surface area (Å²) in [5.74, 6) is 0.474. The first kappa shape index (κ1) is 23.2. The van der Waals surface area contributed by atoms with Gasteiger partial charge in [-0.25, -0.2) is 4.98 Å². The minimum Gasteiger partial charge on any atom is -0.475 e. The molecule has 172 valence electrons. The van der Waals surface area contributed by atoms with Gasteiger partial charge in [0.25, 0.3) is 0 Å². The predicted octanol–water partition coefficient (Wildman–Crippen LogP) is 6.23. The van der Waals surface area contributed by atoms with Gasteiger partial charge in [0.2, 0.25) is 11.8 Å². The monoisotopic (exact) mass is 450 g/mol. The van der Waals surface area contributed by atoms with Gasteiger partial charge < -0.3 is 10.1 Å². The zero-order chi connectivity index (χ0) is 23.8. The van der Waals surface area contributed by atoms with Crippen molar-refractivity contribution in [2.45, 2.75) is 38.2 Å². The number of benzene rings is 3. The van der Waals surface area contributed by atoms with Crippen LogP contribution >= 0.6 is 0 Å². The van der Waals surface area contributed by atoms with Crippen molar-refractivity contribution in [3.8, 4) is 5.88 Å². The van der Waals surface area contributed by atoms with E-state index in [9.17, 15) is 4.79 Å². The fraction of sp³-hybridized carbons (Fsp3) is 0.200. The molecule has 1 amide bonds. The molecule has 4 heteroatoms. The average molecular weight is 451 g/mol. The van der Waals surface area contributed by atoms with Crippen molar-refractivity contribution in [2.24, 2.45) is 0 Å². The predicted molar refractivity (Wildman–Crippen MR) is 137 cm³/mol. The van der Waals surface area contributed by atoms with E-state index < -0.39 is 5.41 Å². The lowest BCUT2D eigenvalue weighted by molar-refractivity contribution is -0.121. The molecule has 1 aromatic heterocycles. The van der Waals surface area contributed by atoms with Crippen molar-refractivity contribution >= 4 is 11.6 Å². The van der Waals surface area contributed by atoms with Crippen LogP contribution < -0.4 is 10.1 Å². The highest BCUT2D eigenvalue weighted by Gasteiger charge is 2.40. The third-order valence-corrected chi connectivity index (χ3v) is 5.81. The van der Waals surface area contributed by atoms with Crippen molar-refractivity contribution in [3.63, 3.8) is 0 Å². The summed E-state index contributed by atoms with van der Waals surface area (Å²) in [6.07, 6.45) is 2.83. The molecule has 0 aliphatic carbocycles. The van der Waals surface area contributed by atoms with Gasteiger partial charge in [0.05, 0.1) is 23.4 Å². The maximum Gasteiger partial charge on any atom is 0.235 e. The van der Waals surface area contributed by atoms with Crippen molar-refractivity contribution in [1.82, 2.24) is 4.98 Å². The first-order chi connectivity index (χ1) is 16.5. The number of ether oxygens (including phenoxy) is 1. The summed E-state index contributed by atoms with van der Waals surface area (Å²) in [5.41, 5.74) is 3.03. The van der Waals surface area contributed by atoms with E-state index in [1.54, 1.807) is 12.3 Å². The Morgan fingerprint density at radius 1 is 0.794 bits per heavy atom. The normalized spacial score (nSPS) is 11.3. The molecule has 0 atom stereocenters. The lowest BCUT2D eigenvalue weighted by Gasteiger charge is -2.34. The Morgan fingerprint density at radius 3 is 1.79 bits per heavy atom. The summed E-state index contributed by atoms with van der Waals surface area (Å²) in [6.45, 7) is 3.91. The number of pyridine rings is 1. The molecule has 3 aromatic carbocycles.